The number of quaternary nitrogens is 1. The third kappa shape index (κ3) is 4.76. The minimum Gasteiger partial charge on any atom is -0.629 e. The average Bonchev–Trinajstić information content (AvgIpc) is 2.96. The summed E-state index contributed by atoms with van der Waals surface area (Å²) in [5.74, 6) is -1.24. The van der Waals surface area contributed by atoms with Crippen molar-refractivity contribution < 1.29 is 29.7 Å². The van der Waals surface area contributed by atoms with Crippen LogP contribution in [0.4, 0.5) is 0 Å². The number of carbonyl (C=O) groups is 2. The zero-order chi connectivity index (χ0) is 19.4. The number of allylic oxidation sites excluding steroid dienone is 2. The van der Waals surface area contributed by atoms with Crippen LogP contribution in [0.1, 0.15) is 34.1 Å². The zero-order valence-electron chi connectivity index (χ0n) is 14.8. The van der Waals surface area contributed by atoms with Crippen LogP contribution < -0.4 is 5.06 Å². The van der Waals surface area contributed by atoms with E-state index in [-0.39, 0.29) is 16.2 Å². The van der Waals surface area contributed by atoms with Crippen LogP contribution in [0.5, 0.6) is 0 Å². The number of aliphatic carboxylic acids is 2. The number of hydroxylamine groups is 2. The second kappa shape index (κ2) is 7.61. The number of hydrogen-bond acceptors (Lipinski definition) is 4. The van der Waals surface area contributed by atoms with Gasteiger partial charge in [0.25, 0.3) is 0 Å². The van der Waals surface area contributed by atoms with Gasteiger partial charge in [-0.1, -0.05) is 39.8 Å². The van der Waals surface area contributed by atoms with Crippen molar-refractivity contribution in [3.63, 3.8) is 0 Å². The first-order chi connectivity index (χ1) is 11.4. The summed E-state index contributed by atoms with van der Waals surface area (Å²) in [4.78, 5) is 33.3. The monoisotopic (exact) mass is 349 g/mol. The molecule has 1 atom stereocenters. The standard InChI is InChI=1S/C14H16O5.C4H7NO/c1-13(2,3)14(4)5-8(11(16)17)10(7-15)9(6-14)12(18)19;6-5-3-1-2-4-5/h5-6H,1-4H3,(H,16,17)(H,18,19);1,3,5H,2,4H2. The Hall–Kier alpha value is -2.47. The fourth-order valence-corrected chi connectivity index (χ4v) is 2.33. The lowest BCUT2D eigenvalue weighted by Crippen LogP contribution is -3.00. The molecule has 2 rings (SSSR count). The summed E-state index contributed by atoms with van der Waals surface area (Å²) in [7, 11) is 0. The third-order valence-electron chi connectivity index (χ3n) is 4.47. The van der Waals surface area contributed by atoms with Crippen molar-refractivity contribution in [1.82, 2.24) is 0 Å². The molecule has 0 spiro atoms. The molecule has 0 bridgehead atoms. The molecule has 0 aromatic heterocycles. The van der Waals surface area contributed by atoms with Crippen molar-refractivity contribution in [2.75, 3.05) is 6.54 Å². The molecule has 0 aromatic rings. The first-order valence-corrected chi connectivity index (χ1v) is 7.80. The van der Waals surface area contributed by atoms with Gasteiger partial charge in [-0.25, -0.2) is 14.4 Å². The highest BCUT2D eigenvalue weighted by molar-refractivity contribution is 6.06. The molecule has 2 aliphatic rings. The SMILES string of the molecule is CC(C)(C)C1(C)C=C(C(=O)O)C(=C=O)C(C(=O)O)=C1.[O-][NH+]1C=CCC1. The average molecular weight is 349 g/mol. The smallest absolute Gasteiger partial charge is 0.336 e. The highest BCUT2D eigenvalue weighted by Crippen LogP contribution is 2.46. The summed E-state index contributed by atoms with van der Waals surface area (Å²) in [5.41, 5.74) is -2.22. The molecule has 7 nitrogen and oxygen atoms in total. The van der Waals surface area contributed by atoms with Crippen LogP contribution in [0.15, 0.2) is 41.1 Å². The molecule has 7 heteroatoms. The highest BCUT2D eigenvalue weighted by atomic mass is 16.5. The van der Waals surface area contributed by atoms with Crippen molar-refractivity contribution in [2.24, 2.45) is 10.8 Å². The molecule has 0 saturated heterocycles. The van der Waals surface area contributed by atoms with E-state index in [2.05, 4.69) is 0 Å². The Kier molecular flexibility index (Phi) is 6.26. The molecule has 3 N–H and O–H groups in total. The second-order valence-corrected chi connectivity index (χ2v) is 7.14. The number of rotatable bonds is 2. The summed E-state index contributed by atoms with van der Waals surface area (Å²) >= 11 is 0. The number of nitrogens with one attached hydrogen (secondary N) is 1. The Labute approximate surface area is 146 Å². The molecule has 0 amide bonds. The van der Waals surface area contributed by atoms with Crippen molar-refractivity contribution in [2.45, 2.75) is 34.1 Å². The fourth-order valence-electron chi connectivity index (χ4n) is 2.33. The maximum absolute atomic E-state index is 11.2. The van der Waals surface area contributed by atoms with E-state index in [4.69, 9.17) is 10.2 Å². The van der Waals surface area contributed by atoms with Crippen molar-refractivity contribution in [3.8, 4) is 0 Å². The summed E-state index contributed by atoms with van der Waals surface area (Å²) in [6.45, 7) is 8.08. The van der Waals surface area contributed by atoms with Gasteiger partial charge in [0.05, 0.1) is 29.5 Å². The molecule has 0 aromatic carbocycles. The van der Waals surface area contributed by atoms with Crippen LogP contribution in [0.25, 0.3) is 0 Å². The molecule has 1 heterocycles. The van der Waals surface area contributed by atoms with E-state index < -0.39 is 28.3 Å². The molecular formula is C18H23NO6. The van der Waals surface area contributed by atoms with E-state index in [0.29, 0.717) is 0 Å². The molecular weight excluding hydrogens is 326 g/mol. The first kappa shape index (κ1) is 20.6. The lowest BCUT2D eigenvalue weighted by molar-refractivity contribution is -0.784. The van der Waals surface area contributed by atoms with Crippen molar-refractivity contribution >= 4 is 17.9 Å². The predicted octanol–water partition coefficient (Wildman–Crippen LogP) is 1.12. The first-order valence-electron chi connectivity index (χ1n) is 7.80. The molecule has 25 heavy (non-hydrogen) atoms. The Bertz CT molecular complexity index is 668. The number of carboxylic acid groups (broad SMARTS) is 2. The van der Waals surface area contributed by atoms with Gasteiger partial charge in [-0.05, 0) is 11.5 Å². The summed E-state index contributed by atoms with van der Waals surface area (Å²) in [6.07, 6.45) is 7.34. The van der Waals surface area contributed by atoms with Gasteiger partial charge in [0.1, 0.15) is 5.94 Å². The lowest BCUT2D eigenvalue weighted by Gasteiger charge is -2.40. The van der Waals surface area contributed by atoms with Gasteiger partial charge >= 0.3 is 11.9 Å². The minimum atomic E-state index is -1.33. The Morgan fingerprint density at radius 1 is 1.20 bits per heavy atom. The van der Waals surface area contributed by atoms with Crippen molar-refractivity contribution in [3.05, 3.63) is 46.4 Å². The number of hydrogen-bond donors (Lipinski definition) is 3. The Morgan fingerprint density at radius 3 is 1.88 bits per heavy atom. The van der Waals surface area contributed by atoms with Gasteiger partial charge in [-0.3, -0.25) is 0 Å². The van der Waals surface area contributed by atoms with Gasteiger partial charge in [0.2, 0.25) is 0 Å². The highest BCUT2D eigenvalue weighted by Gasteiger charge is 2.41. The van der Waals surface area contributed by atoms with E-state index in [0.717, 1.165) is 13.0 Å². The van der Waals surface area contributed by atoms with Crippen LogP contribution >= 0.6 is 0 Å². The molecule has 136 valence electrons. The van der Waals surface area contributed by atoms with Gasteiger partial charge in [0.15, 0.2) is 0 Å². The minimum absolute atomic E-state index is 0.273. The maximum atomic E-state index is 11.2. The quantitative estimate of drug-likeness (QED) is 0.508. The van der Waals surface area contributed by atoms with E-state index in [1.54, 1.807) is 13.1 Å². The van der Waals surface area contributed by atoms with Crippen LogP contribution in [-0.4, -0.2) is 34.6 Å². The maximum Gasteiger partial charge on any atom is 0.336 e. The molecule has 1 aliphatic carbocycles. The predicted molar refractivity (Wildman–Crippen MR) is 91.2 cm³/mol. The summed E-state index contributed by atoms with van der Waals surface area (Å²) in [6, 6.07) is 0. The van der Waals surface area contributed by atoms with Gasteiger partial charge in [0, 0.05) is 11.8 Å². The van der Waals surface area contributed by atoms with Gasteiger partial charge < -0.3 is 20.5 Å². The van der Waals surface area contributed by atoms with E-state index >= 15 is 0 Å². The molecule has 0 saturated carbocycles. The number of carbonyl (C=O) groups excluding carboxylic acids is 1. The third-order valence-corrected chi connectivity index (χ3v) is 4.47. The number of carboxylic acids is 2. The summed E-state index contributed by atoms with van der Waals surface area (Å²) < 4.78 is 0. The second-order valence-electron chi connectivity index (χ2n) is 7.14. The summed E-state index contributed by atoms with van der Waals surface area (Å²) in [5, 5.41) is 28.7. The largest absolute Gasteiger partial charge is 0.629 e. The van der Waals surface area contributed by atoms with Crippen LogP contribution in [0.2, 0.25) is 0 Å². The van der Waals surface area contributed by atoms with E-state index in [9.17, 15) is 19.6 Å². The van der Waals surface area contributed by atoms with Gasteiger partial charge in [-0.15, -0.1) is 0 Å². The lowest BCUT2D eigenvalue weighted by atomic mass is 9.63. The van der Waals surface area contributed by atoms with Crippen LogP contribution in [0.3, 0.4) is 0 Å². The topological polar surface area (TPSA) is 119 Å². The van der Waals surface area contributed by atoms with Crippen LogP contribution in [0, 0.1) is 16.0 Å². The van der Waals surface area contributed by atoms with E-state index in [1.807, 2.05) is 26.8 Å². The molecule has 0 fully saturated rings. The Balaban J connectivity index is 0.000000435. The fraction of sp³-hybridized carbons (Fsp3) is 0.444. The van der Waals surface area contributed by atoms with Crippen LogP contribution in [-0.2, 0) is 14.4 Å². The van der Waals surface area contributed by atoms with Crippen molar-refractivity contribution in [1.29, 1.82) is 0 Å². The molecule has 0 radical (unpaired) electrons. The van der Waals surface area contributed by atoms with Gasteiger partial charge in [-0.2, -0.15) is 0 Å². The molecule has 1 aliphatic heterocycles. The van der Waals surface area contributed by atoms with E-state index in [1.165, 1.54) is 18.1 Å². The zero-order valence-corrected chi connectivity index (χ0v) is 14.8. The molecule has 1 unspecified atom stereocenters. The normalized spacial score (nSPS) is 25.3. The Morgan fingerprint density at radius 2 is 1.68 bits per heavy atom.